The second-order valence-electron chi connectivity index (χ2n) is 5.63. The third kappa shape index (κ3) is 2.79. The van der Waals surface area contributed by atoms with Crippen molar-refractivity contribution < 1.29 is 9.90 Å². The fraction of sp³-hybridized carbons (Fsp3) is 0.571. The van der Waals surface area contributed by atoms with E-state index in [9.17, 15) is 9.90 Å². The summed E-state index contributed by atoms with van der Waals surface area (Å²) >= 11 is 0. The van der Waals surface area contributed by atoms with Crippen LogP contribution < -0.4 is 0 Å². The SMILES string of the molecule is Cc1[nH]c(CN2CCCC(C)(C(=O)O)C2)cc1C#N. The number of aromatic amines is 1. The molecule has 5 nitrogen and oxygen atoms in total. The number of piperidine rings is 1. The number of carboxylic acids is 1. The molecule has 0 saturated carbocycles. The van der Waals surface area contributed by atoms with Gasteiger partial charge in [0.15, 0.2) is 0 Å². The first-order valence-corrected chi connectivity index (χ1v) is 6.49. The van der Waals surface area contributed by atoms with Gasteiger partial charge in [-0.15, -0.1) is 0 Å². The van der Waals surface area contributed by atoms with E-state index in [-0.39, 0.29) is 0 Å². The van der Waals surface area contributed by atoms with Gasteiger partial charge in [0.1, 0.15) is 6.07 Å². The first kappa shape index (κ1) is 13.6. The van der Waals surface area contributed by atoms with Crippen LogP contribution in [0.4, 0.5) is 0 Å². The molecule has 1 aromatic rings. The van der Waals surface area contributed by atoms with Crippen molar-refractivity contribution in [3.05, 3.63) is 23.0 Å². The first-order valence-electron chi connectivity index (χ1n) is 6.49. The van der Waals surface area contributed by atoms with Gasteiger partial charge in [-0.05, 0) is 39.3 Å². The lowest BCUT2D eigenvalue weighted by molar-refractivity contribution is -0.151. The highest BCUT2D eigenvalue weighted by Crippen LogP contribution is 2.30. The molecule has 1 unspecified atom stereocenters. The topological polar surface area (TPSA) is 80.1 Å². The van der Waals surface area contributed by atoms with Gasteiger partial charge in [0.05, 0.1) is 11.0 Å². The van der Waals surface area contributed by atoms with Crippen molar-refractivity contribution in [3.8, 4) is 6.07 Å². The molecular formula is C14H19N3O2. The fourth-order valence-electron chi connectivity index (χ4n) is 2.72. The van der Waals surface area contributed by atoms with E-state index in [1.165, 1.54) is 0 Å². The summed E-state index contributed by atoms with van der Waals surface area (Å²) < 4.78 is 0. The maximum Gasteiger partial charge on any atom is 0.310 e. The molecule has 1 aliphatic heterocycles. The molecule has 2 heterocycles. The van der Waals surface area contributed by atoms with Crippen molar-refractivity contribution in [2.45, 2.75) is 33.2 Å². The molecule has 5 heteroatoms. The molecule has 2 N–H and O–H groups in total. The van der Waals surface area contributed by atoms with Gasteiger partial charge in [-0.2, -0.15) is 5.26 Å². The summed E-state index contributed by atoms with van der Waals surface area (Å²) in [6.07, 6.45) is 1.62. The molecule has 1 aliphatic rings. The van der Waals surface area contributed by atoms with Gasteiger partial charge in [-0.1, -0.05) is 0 Å². The predicted molar refractivity (Wildman–Crippen MR) is 70.5 cm³/mol. The number of hydrogen-bond acceptors (Lipinski definition) is 3. The minimum atomic E-state index is -0.724. The summed E-state index contributed by atoms with van der Waals surface area (Å²) in [5.74, 6) is -0.724. The number of aliphatic carboxylic acids is 1. The van der Waals surface area contributed by atoms with Crippen LogP contribution in [0.3, 0.4) is 0 Å². The number of likely N-dealkylation sites (tertiary alicyclic amines) is 1. The molecular weight excluding hydrogens is 242 g/mol. The Morgan fingerprint density at radius 3 is 3.00 bits per heavy atom. The monoisotopic (exact) mass is 261 g/mol. The minimum absolute atomic E-state index is 0.558. The number of H-pyrrole nitrogens is 1. The van der Waals surface area contributed by atoms with Gasteiger partial charge < -0.3 is 10.1 Å². The van der Waals surface area contributed by atoms with Crippen LogP contribution in [0.25, 0.3) is 0 Å². The molecule has 2 rings (SSSR count). The van der Waals surface area contributed by atoms with Gasteiger partial charge in [-0.25, -0.2) is 0 Å². The zero-order valence-electron chi connectivity index (χ0n) is 11.4. The van der Waals surface area contributed by atoms with Crippen LogP contribution >= 0.6 is 0 Å². The zero-order chi connectivity index (χ0) is 14.0. The lowest BCUT2D eigenvalue weighted by Gasteiger charge is -2.37. The Morgan fingerprint density at radius 2 is 2.42 bits per heavy atom. The van der Waals surface area contributed by atoms with Crippen LogP contribution in [0, 0.1) is 23.7 Å². The molecule has 0 aliphatic carbocycles. The highest BCUT2D eigenvalue weighted by Gasteiger charge is 2.37. The van der Waals surface area contributed by atoms with Crippen molar-refractivity contribution in [2.75, 3.05) is 13.1 Å². The van der Waals surface area contributed by atoms with E-state index in [0.717, 1.165) is 30.8 Å². The van der Waals surface area contributed by atoms with Crippen molar-refractivity contribution >= 4 is 5.97 Å². The average Bonchev–Trinajstić information content (AvgIpc) is 2.69. The van der Waals surface area contributed by atoms with E-state index in [1.807, 2.05) is 19.9 Å². The van der Waals surface area contributed by atoms with Gasteiger partial charge in [0, 0.05) is 24.5 Å². The Kier molecular flexibility index (Phi) is 3.63. The highest BCUT2D eigenvalue weighted by atomic mass is 16.4. The number of rotatable bonds is 3. The Morgan fingerprint density at radius 1 is 1.68 bits per heavy atom. The Hall–Kier alpha value is -1.80. The molecule has 0 radical (unpaired) electrons. The van der Waals surface area contributed by atoms with Crippen LogP contribution in [-0.4, -0.2) is 34.0 Å². The van der Waals surface area contributed by atoms with E-state index >= 15 is 0 Å². The van der Waals surface area contributed by atoms with E-state index in [1.54, 1.807) is 0 Å². The number of nitriles is 1. The largest absolute Gasteiger partial charge is 0.481 e. The smallest absolute Gasteiger partial charge is 0.310 e. The number of carboxylic acid groups (broad SMARTS) is 1. The van der Waals surface area contributed by atoms with Gasteiger partial charge in [-0.3, -0.25) is 9.69 Å². The molecule has 19 heavy (non-hydrogen) atoms. The van der Waals surface area contributed by atoms with Crippen molar-refractivity contribution in [3.63, 3.8) is 0 Å². The fourth-order valence-corrected chi connectivity index (χ4v) is 2.72. The van der Waals surface area contributed by atoms with Gasteiger partial charge in [0.25, 0.3) is 0 Å². The average molecular weight is 261 g/mol. The third-order valence-corrected chi connectivity index (χ3v) is 3.88. The van der Waals surface area contributed by atoms with Crippen LogP contribution in [0.2, 0.25) is 0 Å². The molecule has 1 fully saturated rings. The number of nitrogens with one attached hydrogen (secondary N) is 1. The minimum Gasteiger partial charge on any atom is -0.481 e. The third-order valence-electron chi connectivity index (χ3n) is 3.88. The van der Waals surface area contributed by atoms with Crippen molar-refractivity contribution in [2.24, 2.45) is 5.41 Å². The second kappa shape index (κ2) is 5.06. The van der Waals surface area contributed by atoms with E-state index in [4.69, 9.17) is 5.26 Å². The number of hydrogen-bond donors (Lipinski definition) is 2. The molecule has 0 bridgehead atoms. The lowest BCUT2D eigenvalue weighted by Crippen LogP contribution is -2.45. The summed E-state index contributed by atoms with van der Waals surface area (Å²) in [4.78, 5) is 16.6. The summed E-state index contributed by atoms with van der Waals surface area (Å²) in [5.41, 5.74) is 1.85. The number of nitrogens with zero attached hydrogens (tertiary/aromatic N) is 2. The number of aryl methyl sites for hydroxylation is 1. The van der Waals surface area contributed by atoms with Crippen molar-refractivity contribution in [1.29, 1.82) is 5.26 Å². The van der Waals surface area contributed by atoms with Crippen LogP contribution in [-0.2, 0) is 11.3 Å². The van der Waals surface area contributed by atoms with Crippen LogP contribution in [0.15, 0.2) is 6.07 Å². The summed E-state index contributed by atoms with van der Waals surface area (Å²) in [7, 11) is 0. The molecule has 0 aromatic carbocycles. The predicted octanol–water partition coefficient (Wildman–Crippen LogP) is 1.88. The number of aromatic nitrogens is 1. The Balaban J connectivity index is 2.07. The normalized spacial score (nSPS) is 24.1. The maximum absolute atomic E-state index is 11.3. The molecule has 1 aromatic heterocycles. The molecule has 1 atom stereocenters. The standard InChI is InChI=1S/C14H19N3O2/c1-10-11(7-15)6-12(16-10)8-17-5-3-4-14(2,9-17)13(18)19/h6,16H,3-5,8-9H2,1-2H3,(H,18,19). The summed E-state index contributed by atoms with van der Waals surface area (Å²) in [5, 5.41) is 18.2. The molecule has 0 spiro atoms. The second-order valence-corrected chi connectivity index (χ2v) is 5.63. The lowest BCUT2D eigenvalue weighted by atomic mass is 9.82. The van der Waals surface area contributed by atoms with E-state index < -0.39 is 11.4 Å². The Labute approximate surface area is 112 Å². The van der Waals surface area contributed by atoms with Crippen LogP contribution in [0.5, 0.6) is 0 Å². The first-order chi connectivity index (χ1) is 8.94. The quantitative estimate of drug-likeness (QED) is 0.870. The summed E-state index contributed by atoms with van der Waals surface area (Å²) in [6, 6.07) is 3.99. The highest BCUT2D eigenvalue weighted by molar-refractivity contribution is 5.74. The number of carbonyl (C=O) groups is 1. The van der Waals surface area contributed by atoms with E-state index in [2.05, 4.69) is 16.0 Å². The zero-order valence-corrected chi connectivity index (χ0v) is 11.4. The molecule has 102 valence electrons. The van der Waals surface area contributed by atoms with Gasteiger partial charge >= 0.3 is 5.97 Å². The van der Waals surface area contributed by atoms with Crippen molar-refractivity contribution in [1.82, 2.24) is 9.88 Å². The van der Waals surface area contributed by atoms with Gasteiger partial charge in [0.2, 0.25) is 0 Å². The van der Waals surface area contributed by atoms with Crippen LogP contribution in [0.1, 0.15) is 36.7 Å². The Bertz CT molecular complexity index is 529. The molecule has 1 saturated heterocycles. The molecule has 0 amide bonds. The maximum atomic E-state index is 11.3. The van der Waals surface area contributed by atoms with E-state index in [0.29, 0.717) is 18.7 Å². The summed E-state index contributed by atoms with van der Waals surface area (Å²) in [6.45, 7) is 5.82.